The maximum atomic E-state index is 13.3. The molecule has 1 aromatic heterocycles. The molecule has 0 aliphatic heterocycles. The molecule has 2 aromatic rings. The van der Waals surface area contributed by atoms with Gasteiger partial charge >= 0.3 is 0 Å². The first-order valence-corrected chi connectivity index (χ1v) is 4.59. The summed E-state index contributed by atoms with van der Waals surface area (Å²) in [5, 5.41) is -0.00765. The topological polar surface area (TPSA) is 25.8 Å². The van der Waals surface area contributed by atoms with Crippen molar-refractivity contribution in [1.82, 2.24) is 9.97 Å². The largest absolute Gasteiger partial charge is 0.226 e. The quantitative estimate of drug-likeness (QED) is 0.569. The first-order valence-electron chi connectivity index (χ1n) is 4.21. The molecule has 82 valence electrons. The molecule has 16 heavy (non-hydrogen) atoms. The Kier molecular flexibility index (Phi) is 2.78. The van der Waals surface area contributed by atoms with Crippen LogP contribution in [0, 0.1) is 17.5 Å². The van der Waals surface area contributed by atoms with Crippen LogP contribution in [0.3, 0.4) is 0 Å². The predicted octanol–water partition coefficient (Wildman–Crippen LogP) is 3.21. The molecule has 0 fully saturated rings. The summed E-state index contributed by atoms with van der Waals surface area (Å²) in [5.41, 5.74) is 0.108. The second-order valence-corrected chi connectivity index (χ2v) is 3.30. The Balaban J connectivity index is 2.57. The van der Waals surface area contributed by atoms with Gasteiger partial charge in [0.2, 0.25) is 5.28 Å². The maximum absolute atomic E-state index is 13.3. The highest BCUT2D eigenvalue weighted by molar-refractivity contribution is 6.28. The van der Waals surface area contributed by atoms with Crippen LogP contribution in [0.15, 0.2) is 24.5 Å². The van der Waals surface area contributed by atoms with Gasteiger partial charge in [-0.15, -0.1) is 0 Å². The van der Waals surface area contributed by atoms with E-state index in [0.717, 1.165) is 12.1 Å². The van der Waals surface area contributed by atoms with E-state index in [9.17, 15) is 13.2 Å². The van der Waals surface area contributed by atoms with Crippen molar-refractivity contribution in [3.8, 4) is 11.1 Å². The summed E-state index contributed by atoms with van der Waals surface area (Å²) in [5.74, 6) is -4.03. The van der Waals surface area contributed by atoms with Crippen molar-refractivity contribution in [1.29, 1.82) is 0 Å². The summed E-state index contributed by atoms with van der Waals surface area (Å²) in [6, 6.07) is 1.95. The molecule has 1 aromatic carbocycles. The minimum absolute atomic E-state index is 0.00765. The molecule has 0 aliphatic rings. The third-order valence-corrected chi connectivity index (χ3v) is 2.16. The van der Waals surface area contributed by atoms with Gasteiger partial charge in [-0.3, -0.25) is 0 Å². The number of rotatable bonds is 1. The van der Waals surface area contributed by atoms with Gasteiger partial charge in [-0.05, 0) is 23.7 Å². The van der Waals surface area contributed by atoms with E-state index in [0.29, 0.717) is 0 Å². The molecule has 2 rings (SSSR count). The summed E-state index contributed by atoms with van der Waals surface area (Å²) in [7, 11) is 0. The molecule has 0 amide bonds. The average Bonchev–Trinajstić information content (AvgIpc) is 2.28. The minimum Gasteiger partial charge on any atom is -0.226 e. The van der Waals surface area contributed by atoms with Crippen molar-refractivity contribution < 1.29 is 13.2 Å². The molecule has 0 aliphatic carbocycles. The van der Waals surface area contributed by atoms with E-state index in [1.807, 2.05) is 0 Å². The summed E-state index contributed by atoms with van der Waals surface area (Å²) < 4.78 is 39.0. The summed E-state index contributed by atoms with van der Waals surface area (Å²) >= 11 is 5.45. The van der Waals surface area contributed by atoms with Crippen LogP contribution in [0.25, 0.3) is 11.1 Å². The highest BCUT2D eigenvalue weighted by atomic mass is 35.5. The van der Waals surface area contributed by atoms with Crippen molar-refractivity contribution in [2.24, 2.45) is 0 Å². The van der Waals surface area contributed by atoms with Gasteiger partial charge in [0.1, 0.15) is 0 Å². The van der Waals surface area contributed by atoms with Gasteiger partial charge in [0.15, 0.2) is 17.5 Å². The Morgan fingerprint density at radius 1 is 0.938 bits per heavy atom. The monoisotopic (exact) mass is 244 g/mol. The lowest BCUT2D eigenvalue weighted by Crippen LogP contribution is -1.94. The standard InChI is InChI=1S/C10H4ClF3N2/c11-10-15-3-5(4-16-10)6-1-2-7(12)9(14)8(6)13/h1-4H. The highest BCUT2D eigenvalue weighted by Gasteiger charge is 2.14. The van der Waals surface area contributed by atoms with Gasteiger partial charge in [0.05, 0.1) is 0 Å². The zero-order valence-corrected chi connectivity index (χ0v) is 8.47. The van der Waals surface area contributed by atoms with E-state index >= 15 is 0 Å². The lowest BCUT2D eigenvalue weighted by molar-refractivity contribution is 0.449. The Morgan fingerprint density at radius 2 is 1.56 bits per heavy atom. The van der Waals surface area contributed by atoms with Crippen LogP contribution in [0.5, 0.6) is 0 Å². The van der Waals surface area contributed by atoms with Gasteiger partial charge in [-0.2, -0.15) is 0 Å². The molecule has 0 saturated heterocycles. The first kappa shape index (κ1) is 10.9. The molecule has 0 unspecified atom stereocenters. The Bertz CT molecular complexity index is 528. The van der Waals surface area contributed by atoms with Crippen molar-refractivity contribution in [2.45, 2.75) is 0 Å². The summed E-state index contributed by atoms with van der Waals surface area (Å²) in [4.78, 5) is 7.24. The Labute approximate surface area is 93.7 Å². The number of benzene rings is 1. The zero-order chi connectivity index (χ0) is 11.7. The van der Waals surface area contributed by atoms with Crippen LogP contribution in [-0.4, -0.2) is 9.97 Å². The molecule has 1 heterocycles. The third kappa shape index (κ3) is 1.86. The van der Waals surface area contributed by atoms with Crippen LogP contribution in [0.2, 0.25) is 5.28 Å². The van der Waals surface area contributed by atoms with E-state index in [4.69, 9.17) is 11.6 Å². The van der Waals surface area contributed by atoms with E-state index in [2.05, 4.69) is 9.97 Å². The SMILES string of the molecule is Fc1ccc(-c2cnc(Cl)nc2)c(F)c1F. The average molecular weight is 245 g/mol. The number of nitrogens with zero attached hydrogens (tertiary/aromatic N) is 2. The number of aromatic nitrogens is 2. The second kappa shape index (κ2) is 4.09. The highest BCUT2D eigenvalue weighted by Crippen LogP contribution is 2.24. The van der Waals surface area contributed by atoms with Gasteiger partial charge in [0.25, 0.3) is 0 Å². The van der Waals surface area contributed by atoms with Crippen molar-refractivity contribution in [3.05, 3.63) is 47.3 Å². The van der Waals surface area contributed by atoms with E-state index in [1.54, 1.807) is 0 Å². The molecule has 0 atom stereocenters. The van der Waals surface area contributed by atoms with Gasteiger partial charge in [-0.25, -0.2) is 23.1 Å². The minimum atomic E-state index is -1.52. The van der Waals surface area contributed by atoms with Crippen LogP contribution in [0.4, 0.5) is 13.2 Å². The number of hydrogen-bond acceptors (Lipinski definition) is 2. The van der Waals surface area contributed by atoms with E-state index < -0.39 is 17.5 Å². The second-order valence-electron chi connectivity index (χ2n) is 2.96. The molecule has 0 spiro atoms. The van der Waals surface area contributed by atoms with Gasteiger partial charge in [0, 0.05) is 23.5 Å². The fourth-order valence-electron chi connectivity index (χ4n) is 1.20. The predicted molar refractivity (Wildman–Crippen MR) is 52.4 cm³/mol. The fourth-order valence-corrected chi connectivity index (χ4v) is 1.30. The molecular weight excluding hydrogens is 241 g/mol. The van der Waals surface area contributed by atoms with E-state index in [1.165, 1.54) is 12.4 Å². The Morgan fingerprint density at radius 3 is 2.19 bits per heavy atom. The van der Waals surface area contributed by atoms with Crippen LogP contribution in [-0.2, 0) is 0 Å². The maximum Gasteiger partial charge on any atom is 0.222 e. The molecule has 0 radical (unpaired) electrons. The summed E-state index contributed by atoms with van der Waals surface area (Å²) in [6.45, 7) is 0. The first-order chi connectivity index (χ1) is 7.59. The van der Waals surface area contributed by atoms with Crippen molar-refractivity contribution in [2.75, 3.05) is 0 Å². The number of halogens is 4. The molecule has 0 bridgehead atoms. The van der Waals surface area contributed by atoms with Gasteiger partial charge < -0.3 is 0 Å². The lowest BCUT2D eigenvalue weighted by atomic mass is 10.1. The smallest absolute Gasteiger partial charge is 0.222 e. The molecule has 0 N–H and O–H groups in total. The van der Waals surface area contributed by atoms with E-state index in [-0.39, 0.29) is 16.4 Å². The lowest BCUT2D eigenvalue weighted by Gasteiger charge is -2.03. The third-order valence-electron chi connectivity index (χ3n) is 1.97. The van der Waals surface area contributed by atoms with Gasteiger partial charge in [-0.1, -0.05) is 0 Å². The molecular formula is C10H4ClF3N2. The van der Waals surface area contributed by atoms with Crippen LogP contribution in [0.1, 0.15) is 0 Å². The van der Waals surface area contributed by atoms with Crippen molar-refractivity contribution >= 4 is 11.6 Å². The molecule has 6 heteroatoms. The molecule has 2 nitrogen and oxygen atoms in total. The van der Waals surface area contributed by atoms with Crippen LogP contribution < -0.4 is 0 Å². The zero-order valence-electron chi connectivity index (χ0n) is 7.72. The fraction of sp³-hybridized carbons (Fsp3) is 0. The summed E-state index contributed by atoms with van der Waals surface area (Å²) in [6.07, 6.45) is 2.45. The van der Waals surface area contributed by atoms with Crippen LogP contribution >= 0.6 is 11.6 Å². The number of hydrogen-bond donors (Lipinski definition) is 0. The van der Waals surface area contributed by atoms with Crippen molar-refractivity contribution in [3.63, 3.8) is 0 Å². The molecule has 0 saturated carbocycles. The Hall–Kier alpha value is -1.62. The normalized spacial score (nSPS) is 10.5.